The molecule has 11 nitrogen and oxygen atoms in total. The van der Waals surface area contributed by atoms with Gasteiger partial charge in [0.25, 0.3) is 0 Å². The molecule has 2 heterocycles. The summed E-state index contributed by atoms with van der Waals surface area (Å²) < 4.78 is 22.9. The van der Waals surface area contributed by atoms with Gasteiger partial charge in [-0.25, -0.2) is 4.68 Å². The van der Waals surface area contributed by atoms with Gasteiger partial charge in [0.2, 0.25) is 0 Å². The number of aliphatic hydroxyl groups excluding tert-OH is 4. The van der Waals surface area contributed by atoms with Gasteiger partial charge in [-0.05, 0) is 6.92 Å². The molecule has 1 aromatic heterocycles. The molecule has 0 aromatic carbocycles. The first-order valence-electron chi connectivity index (χ1n) is 8.47. The summed E-state index contributed by atoms with van der Waals surface area (Å²) in [4.78, 5) is 0. The zero-order valence-electron chi connectivity index (χ0n) is 14.7. The highest BCUT2D eigenvalue weighted by molar-refractivity contribution is 4.88. The molecule has 0 spiro atoms. The molecule has 150 valence electrons. The predicted octanol–water partition coefficient (Wildman–Crippen LogP) is -2.56. The van der Waals surface area contributed by atoms with Gasteiger partial charge in [0, 0.05) is 6.20 Å². The van der Waals surface area contributed by atoms with Crippen LogP contribution in [0.5, 0.6) is 0 Å². The van der Waals surface area contributed by atoms with Gasteiger partial charge in [0.15, 0.2) is 6.29 Å². The normalized spacial score (nSPS) is 29.2. The minimum atomic E-state index is -1.45. The van der Waals surface area contributed by atoms with Crippen LogP contribution in [0.1, 0.15) is 5.69 Å². The van der Waals surface area contributed by atoms with Gasteiger partial charge in [-0.3, -0.25) is 0 Å². The molecule has 0 bridgehead atoms. The van der Waals surface area contributed by atoms with Crippen molar-refractivity contribution in [2.45, 2.75) is 44.2 Å². The Balaban J connectivity index is 1.49. The van der Waals surface area contributed by atoms with Crippen LogP contribution in [0, 0.1) is 6.92 Å². The van der Waals surface area contributed by atoms with Crippen molar-refractivity contribution < 1.29 is 39.4 Å². The molecule has 0 aliphatic carbocycles. The Bertz CT molecular complexity index is 515. The number of hydrogen-bond donors (Lipinski definition) is 4. The van der Waals surface area contributed by atoms with E-state index < -0.39 is 37.3 Å². The predicted molar refractivity (Wildman–Crippen MR) is 86.1 cm³/mol. The highest BCUT2D eigenvalue weighted by Crippen LogP contribution is 2.21. The number of hydrogen-bond acceptors (Lipinski definition) is 10. The quantitative estimate of drug-likeness (QED) is 0.303. The SMILES string of the molecule is Cc1cn(CCOCCOCCOC2OC(CO)C(O)C(O)C2O)nn1. The number of aliphatic hydroxyl groups is 4. The summed E-state index contributed by atoms with van der Waals surface area (Å²) in [6, 6.07) is 0. The molecule has 1 fully saturated rings. The summed E-state index contributed by atoms with van der Waals surface area (Å²) in [5, 5.41) is 46.0. The van der Waals surface area contributed by atoms with Crippen LogP contribution in [0.4, 0.5) is 0 Å². The van der Waals surface area contributed by atoms with Gasteiger partial charge in [-0.15, -0.1) is 5.10 Å². The summed E-state index contributed by atoms with van der Waals surface area (Å²) in [6.45, 7) is 3.61. The van der Waals surface area contributed by atoms with Gasteiger partial charge in [0.1, 0.15) is 24.4 Å². The number of aryl methyl sites for hydroxylation is 1. The van der Waals surface area contributed by atoms with Crippen LogP contribution in [-0.2, 0) is 25.5 Å². The highest BCUT2D eigenvalue weighted by Gasteiger charge is 2.43. The van der Waals surface area contributed by atoms with E-state index in [2.05, 4.69) is 10.3 Å². The number of ether oxygens (including phenoxy) is 4. The molecule has 1 aromatic rings. The van der Waals surface area contributed by atoms with E-state index >= 15 is 0 Å². The van der Waals surface area contributed by atoms with E-state index in [-0.39, 0.29) is 13.2 Å². The fraction of sp³-hybridized carbons (Fsp3) is 0.867. The van der Waals surface area contributed by atoms with Gasteiger partial charge in [-0.2, -0.15) is 0 Å². The summed E-state index contributed by atoms with van der Waals surface area (Å²) in [5.41, 5.74) is 0.854. The first-order chi connectivity index (χ1) is 12.5. The Kier molecular flexibility index (Phi) is 8.81. The number of nitrogens with zero attached hydrogens (tertiary/aromatic N) is 3. The molecule has 2 rings (SSSR count). The van der Waals surface area contributed by atoms with Crippen molar-refractivity contribution in [3.05, 3.63) is 11.9 Å². The lowest BCUT2D eigenvalue weighted by atomic mass is 9.99. The van der Waals surface area contributed by atoms with E-state index in [4.69, 9.17) is 24.1 Å². The Morgan fingerprint density at radius 1 is 1.04 bits per heavy atom. The minimum Gasteiger partial charge on any atom is -0.394 e. The van der Waals surface area contributed by atoms with Crippen molar-refractivity contribution in [1.29, 1.82) is 0 Å². The first-order valence-corrected chi connectivity index (χ1v) is 8.47. The van der Waals surface area contributed by atoms with Crippen molar-refractivity contribution in [2.75, 3.05) is 39.6 Å². The summed E-state index contributed by atoms with van der Waals surface area (Å²) >= 11 is 0. The van der Waals surface area contributed by atoms with Gasteiger partial charge >= 0.3 is 0 Å². The Hall–Kier alpha value is -1.18. The molecule has 5 unspecified atom stereocenters. The van der Waals surface area contributed by atoms with Crippen LogP contribution in [0.15, 0.2) is 6.20 Å². The molecule has 26 heavy (non-hydrogen) atoms. The largest absolute Gasteiger partial charge is 0.394 e. The van der Waals surface area contributed by atoms with E-state index in [0.29, 0.717) is 26.4 Å². The van der Waals surface area contributed by atoms with Crippen LogP contribution < -0.4 is 0 Å². The highest BCUT2D eigenvalue weighted by atomic mass is 16.7. The molecule has 0 amide bonds. The Labute approximate surface area is 151 Å². The van der Waals surface area contributed by atoms with E-state index in [1.54, 1.807) is 4.68 Å². The van der Waals surface area contributed by atoms with Crippen molar-refractivity contribution in [3.63, 3.8) is 0 Å². The van der Waals surface area contributed by atoms with Gasteiger partial charge in [0.05, 0.1) is 51.9 Å². The molecular weight excluding hydrogens is 350 g/mol. The maximum Gasteiger partial charge on any atom is 0.186 e. The molecule has 1 aliphatic rings. The third kappa shape index (κ3) is 6.21. The molecule has 1 saturated heterocycles. The monoisotopic (exact) mass is 377 g/mol. The van der Waals surface area contributed by atoms with E-state index in [9.17, 15) is 15.3 Å². The smallest absolute Gasteiger partial charge is 0.186 e. The summed E-state index contributed by atoms with van der Waals surface area (Å²) in [6.07, 6.45) is -4.55. The fourth-order valence-corrected chi connectivity index (χ4v) is 2.41. The average Bonchev–Trinajstić information content (AvgIpc) is 3.05. The lowest BCUT2D eigenvalue weighted by Crippen LogP contribution is -2.59. The van der Waals surface area contributed by atoms with Crippen molar-refractivity contribution in [3.8, 4) is 0 Å². The minimum absolute atomic E-state index is 0.112. The molecule has 1 aliphatic heterocycles. The molecule has 4 N–H and O–H groups in total. The number of rotatable bonds is 11. The maximum absolute atomic E-state index is 9.80. The van der Waals surface area contributed by atoms with Crippen LogP contribution in [-0.4, -0.2) is 106 Å². The van der Waals surface area contributed by atoms with Crippen molar-refractivity contribution in [1.82, 2.24) is 15.0 Å². The second kappa shape index (κ2) is 10.8. The number of aromatic nitrogens is 3. The van der Waals surface area contributed by atoms with Gasteiger partial charge < -0.3 is 39.4 Å². The molecular formula is C15H27N3O8. The van der Waals surface area contributed by atoms with Crippen LogP contribution in [0.25, 0.3) is 0 Å². The topological polar surface area (TPSA) is 149 Å². The second-order valence-corrected chi connectivity index (χ2v) is 5.92. The third-order valence-electron chi connectivity index (χ3n) is 3.85. The zero-order valence-corrected chi connectivity index (χ0v) is 14.7. The third-order valence-corrected chi connectivity index (χ3v) is 3.85. The summed E-state index contributed by atoms with van der Waals surface area (Å²) in [7, 11) is 0. The van der Waals surface area contributed by atoms with Gasteiger partial charge in [-0.1, -0.05) is 5.21 Å². The first kappa shape index (κ1) is 21.1. The molecule has 5 atom stereocenters. The average molecular weight is 377 g/mol. The lowest BCUT2D eigenvalue weighted by Gasteiger charge is -2.39. The summed E-state index contributed by atoms with van der Waals surface area (Å²) in [5.74, 6) is 0. The maximum atomic E-state index is 9.80. The molecule has 0 saturated carbocycles. The van der Waals surface area contributed by atoms with Crippen molar-refractivity contribution >= 4 is 0 Å². The zero-order chi connectivity index (χ0) is 18.9. The van der Waals surface area contributed by atoms with Crippen LogP contribution in [0.3, 0.4) is 0 Å². The van der Waals surface area contributed by atoms with E-state index in [0.717, 1.165) is 5.69 Å². The Morgan fingerprint density at radius 3 is 2.38 bits per heavy atom. The fourth-order valence-electron chi connectivity index (χ4n) is 2.41. The van der Waals surface area contributed by atoms with Crippen LogP contribution >= 0.6 is 0 Å². The Morgan fingerprint density at radius 2 is 1.73 bits per heavy atom. The standard InChI is InChI=1S/C15H27N3O8/c1-10-8-18(17-16-10)2-3-23-4-5-24-6-7-25-15-14(22)13(21)12(20)11(9-19)26-15/h8,11-15,19-22H,2-7,9H2,1H3. The van der Waals surface area contributed by atoms with Crippen LogP contribution in [0.2, 0.25) is 0 Å². The van der Waals surface area contributed by atoms with Crippen molar-refractivity contribution in [2.24, 2.45) is 0 Å². The van der Waals surface area contributed by atoms with E-state index in [1.807, 2.05) is 13.1 Å². The lowest BCUT2D eigenvalue weighted by molar-refractivity contribution is -0.302. The second-order valence-electron chi connectivity index (χ2n) is 5.92. The van der Waals surface area contributed by atoms with E-state index in [1.165, 1.54) is 0 Å². The molecule has 11 heteroatoms. The molecule has 0 radical (unpaired) electrons.